The van der Waals surface area contributed by atoms with E-state index in [2.05, 4.69) is 20.8 Å². The molecule has 0 unspecified atom stereocenters. The fourth-order valence-corrected chi connectivity index (χ4v) is 1.22. The molecule has 0 fully saturated rings. The van der Waals surface area contributed by atoms with Crippen LogP contribution in [0.5, 0.6) is 0 Å². The third kappa shape index (κ3) is 4.13. The van der Waals surface area contributed by atoms with Crippen LogP contribution in [0.2, 0.25) is 0 Å². The number of nitrogens with one attached hydrogen (secondary N) is 2. The van der Waals surface area contributed by atoms with Crippen LogP contribution in [0.15, 0.2) is 18.3 Å². The summed E-state index contributed by atoms with van der Waals surface area (Å²) in [6.45, 7) is 4.68. The van der Waals surface area contributed by atoms with Crippen molar-refractivity contribution in [3.8, 4) is 0 Å². The first kappa shape index (κ1) is 10.8. The second kappa shape index (κ2) is 5.49. The van der Waals surface area contributed by atoms with Crippen LogP contribution in [0.1, 0.15) is 19.5 Å². The topological polar surface area (TPSA) is 49.8 Å². The van der Waals surface area contributed by atoms with E-state index in [9.17, 15) is 0 Å². The summed E-state index contributed by atoms with van der Waals surface area (Å²) in [5.41, 5.74) is 0.875. The van der Waals surface area contributed by atoms with Crippen LogP contribution < -0.4 is 10.6 Å². The molecule has 1 heterocycles. The fraction of sp³-hybridized carbons (Fsp3) is 0.444. The molecule has 4 nitrogen and oxygen atoms in total. The van der Waals surface area contributed by atoms with Gasteiger partial charge >= 0.3 is 0 Å². The zero-order valence-electron chi connectivity index (χ0n) is 8.32. The highest BCUT2D eigenvalue weighted by Gasteiger charge is 1.98. The molecule has 2 N–H and O–H groups in total. The van der Waals surface area contributed by atoms with Gasteiger partial charge in [0.1, 0.15) is 0 Å². The molecule has 5 heteroatoms. The molecule has 0 bridgehead atoms. The first-order chi connectivity index (χ1) is 6.68. The van der Waals surface area contributed by atoms with E-state index in [4.69, 9.17) is 12.2 Å². The number of hydrogen-bond donors (Lipinski definition) is 2. The smallest absolute Gasteiger partial charge is 0.166 e. The number of rotatable bonds is 3. The predicted molar refractivity (Wildman–Crippen MR) is 59.7 cm³/mol. The molecule has 76 valence electrons. The molecule has 0 saturated heterocycles. The van der Waals surface area contributed by atoms with Crippen molar-refractivity contribution >= 4 is 17.3 Å². The Morgan fingerprint density at radius 2 is 2.36 bits per heavy atom. The maximum atomic E-state index is 5.06. The molecule has 0 atom stereocenters. The zero-order chi connectivity index (χ0) is 10.4. The summed E-state index contributed by atoms with van der Waals surface area (Å²) in [4.78, 5) is 0. The highest BCUT2D eigenvalue weighted by molar-refractivity contribution is 7.80. The molecule has 0 aromatic carbocycles. The monoisotopic (exact) mass is 210 g/mol. The second-order valence-corrected chi connectivity index (χ2v) is 3.60. The highest BCUT2D eigenvalue weighted by atomic mass is 32.1. The minimum absolute atomic E-state index is 0.344. The van der Waals surface area contributed by atoms with Gasteiger partial charge in [-0.2, -0.15) is 10.2 Å². The van der Waals surface area contributed by atoms with E-state index in [0.29, 0.717) is 17.7 Å². The standard InChI is InChI=1S/C9H14N4S/c1-7(2)12-9(14)10-6-8-4-3-5-11-13-8/h3-5,7H,6H2,1-2H3,(H2,10,12,14). The molecular formula is C9H14N4S. The highest BCUT2D eigenvalue weighted by Crippen LogP contribution is 1.89. The molecule has 0 aliphatic rings. The second-order valence-electron chi connectivity index (χ2n) is 3.20. The maximum Gasteiger partial charge on any atom is 0.166 e. The van der Waals surface area contributed by atoms with Crippen molar-refractivity contribution < 1.29 is 0 Å². The Bertz CT molecular complexity index is 286. The van der Waals surface area contributed by atoms with Gasteiger partial charge in [0.15, 0.2) is 5.11 Å². The van der Waals surface area contributed by atoms with E-state index < -0.39 is 0 Å². The molecule has 0 aliphatic heterocycles. The molecule has 1 aromatic rings. The van der Waals surface area contributed by atoms with Crippen LogP contribution in [-0.4, -0.2) is 21.4 Å². The summed E-state index contributed by atoms with van der Waals surface area (Å²) in [7, 11) is 0. The van der Waals surface area contributed by atoms with E-state index in [0.717, 1.165) is 5.69 Å². The van der Waals surface area contributed by atoms with Gasteiger partial charge in [-0.3, -0.25) is 0 Å². The zero-order valence-corrected chi connectivity index (χ0v) is 9.14. The van der Waals surface area contributed by atoms with Gasteiger partial charge in [-0.05, 0) is 38.2 Å². The van der Waals surface area contributed by atoms with Crippen LogP contribution in [0.3, 0.4) is 0 Å². The number of aromatic nitrogens is 2. The van der Waals surface area contributed by atoms with Gasteiger partial charge < -0.3 is 10.6 Å². The minimum Gasteiger partial charge on any atom is -0.361 e. The molecule has 0 radical (unpaired) electrons. The lowest BCUT2D eigenvalue weighted by Crippen LogP contribution is -2.38. The van der Waals surface area contributed by atoms with Crippen molar-refractivity contribution in [3.63, 3.8) is 0 Å². The molecule has 0 saturated carbocycles. The summed E-state index contributed by atoms with van der Waals surface area (Å²) < 4.78 is 0. The molecule has 0 aliphatic carbocycles. The van der Waals surface area contributed by atoms with Gasteiger partial charge in [-0.15, -0.1) is 0 Å². The summed E-state index contributed by atoms with van der Waals surface area (Å²) in [5, 5.41) is 14.5. The quantitative estimate of drug-likeness (QED) is 0.724. The Hall–Kier alpha value is -1.23. The third-order valence-corrected chi connectivity index (χ3v) is 1.74. The SMILES string of the molecule is CC(C)NC(=S)NCc1cccnn1. The van der Waals surface area contributed by atoms with Crippen molar-refractivity contribution in [1.29, 1.82) is 0 Å². The van der Waals surface area contributed by atoms with E-state index in [1.54, 1.807) is 6.20 Å². The average molecular weight is 210 g/mol. The Labute approximate surface area is 89.1 Å². The lowest BCUT2D eigenvalue weighted by atomic mass is 10.4. The third-order valence-electron chi connectivity index (χ3n) is 1.48. The van der Waals surface area contributed by atoms with Crippen molar-refractivity contribution in [2.24, 2.45) is 0 Å². The lowest BCUT2D eigenvalue weighted by molar-refractivity contribution is 0.707. The molecule has 1 rings (SSSR count). The molecule has 0 amide bonds. The normalized spacial score (nSPS) is 9.93. The largest absolute Gasteiger partial charge is 0.361 e. The molecule has 0 spiro atoms. The predicted octanol–water partition coefficient (Wildman–Crippen LogP) is 0.849. The van der Waals surface area contributed by atoms with Crippen molar-refractivity contribution in [1.82, 2.24) is 20.8 Å². The number of hydrogen-bond acceptors (Lipinski definition) is 3. The average Bonchev–Trinajstić information content (AvgIpc) is 2.15. The minimum atomic E-state index is 0.344. The van der Waals surface area contributed by atoms with Gasteiger partial charge in [-0.1, -0.05) is 0 Å². The summed E-state index contributed by atoms with van der Waals surface area (Å²) >= 11 is 5.06. The van der Waals surface area contributed by atoms with Crippen LogP contribution >= 0.6 is 12.2 Å². The fourth-order valence-electron chi connectivity index (χ4n) is 0.912. The molecule has 1 aromatic heterocycles. The Kier molecular flexibility index (Phi) is 4.25. The lowest BCUT2D eigenvalue weighted by Gasteiger charge is -2.12. The van der Waals surface area contributed by atoms with E-state index >= 15 is 0 Å². The van der Waals surface area contributed by atoms with Crippen LogP contribution in [-0.2, 0) is 6.54 Å². The van der Waals surface area contributed by atoms with Crippen LogP contribution in [0.25, 0.3) is 0 Å². The Balaban J connectivity index is 2.31. The van der Waals surface area contributed by atoms with Gasteiger partial charge in [0.25, 0.3) is 0 Å². The Morgan fingerprint density at radius 1 is 1.57 bits per heavy atom. The van der Waals surface area contributed by atoms with Crippen LogP contribution in [0, 0.1) is 0 Å². The molecular weight excluding hydrogens is 196 g/mol. The van der Waals surface area contributed by atoms with Gasteiger partial charge in [0.2, 0.25) is 0 Å². The van der Waals surface area contributed by atoms with Crippen molar-refractivity contribution in [2.45, 2.75) is 26.4 Å². The van der Waals surface area contributed by atoms with Crippen molar-refractivity contribution in [3.05, 3.63) is 24.0 Å². The Morgan fingerprint density at radius 3 is 2.93 bits per heavy atom. The van der Waals surface area contributed by atoms with Gasteiger partial charge in [0.05, 0.1) is 12.2 Å². The van der Waals surface area contributed by atoms with Crippen LogP contribution in [0.4, 0.5) is 0 Å². The first-order valence-corrected chi connectivity index (χ1v) is 4.90. The van der Waals surface area contributed by atoms with E-state index in [-0.39, 0.29) is 0 Å². The van der Waals surface area contributed by atoms with Crippen molar-refractivity contribution in [2.75, 3.05) is 0 Å². The van der Waals surface area contributed by atoms with E-state index in [1.807, 2.05) is 26.0 Å². The molecule has 14 heavy (non-hydrogen) atoms. The number of nitrogens with zero attached hydrogens (tertiary/aromatic N) is 2. The van der Waals surface area contributed by atoms with E-state index in [1.165, 1.54) is 0 Å². The summed E-state index contributed by atoms with van der Waals surface area (Å²) in [5.74, 6) is 0. The summed E-state index contributed by atoms with van der Waals surface area (Å²) in [6.07, 6.45) is 1.65. The van der Waals surface area contributed by atoms with Gasteiger partial charge in [0, 0.05) is 12.2 Å². The maximum absolute atomic E-state index is 5.06. The summed E-state index contributed by atoms with van der Waals surface area (Å²) in [6, 6.07) is 4.10. The first-order valence-electron chi connectivity index (χ1n) is 4.49. The number of thiocarbonyl (C=S) groups is 1. The van der Waals surface area contributed by atoms with Gasteiger partial charge in [-0.25, -0.2) is 0 Å².